The van der Waals surface area contributed by atoms with Crippen LogP contribution in [-0.2, 0) is 4.74 Å². The van der Waals surface area contributed by atoms with Gasteiger partial charge in [-0.2, -0.15) is 0 Å². The van der Waals surface area contributed by atoms with Crippen molar-refractivity contribution in [1.29, 1.82) is 0 Å². The van der Waals surface area contributed by atoms with Crippen molar-refractivity contribution >= 4 is 0 Å². The van der Waals surface area contributed by atoms with E-state index in [-0.39, 0.29) is 18.1 Å². The molecule has 2 aliphatic heterocycles. The summed E-state index contributed by atoms with van der Waals surface area (Å²) in [6.07, 6.45) is 0.657. The topological polar surface area (TPSA) is 52.9 Å². The zero-order chi connectivity index (χ0) is 10.2. The molecule has 0 aromatic carbocycles. The Morgan fingerprint density at radius 3 is 2.57 bits per heavy atom. The molecule has 0 aliphatic carbocycles. The molecule has 2 fully saturated rings. The van der Waals surface area contributed by atoms with E-state index >= 15 is 0 Å². The van der Waals surface area contributed by atoms with Crippen LogP contribution in [0.2, 0.25) is 0 Å². The van der Waals surface area contributed by atoms with Crippen LogP contribution in [0.25, 0.3) is 0 Å². The summed E-state index contributed by atoms with van der Waals surface area (Å²) in [5.74, 6) is 0. The van der Waals surface area contributed by atoms with Crippen LogP contribution in [0.3, 0.4) is 0 Å². The van der Waals surface area contributed by atoms with Gasteiger partial charge in [0.15, 0.2) is 0 Å². The van der Waals surface area contributed by atoms with Gasteiger partial charge < -0.3 is 14.9 Å². The second-order valence-electron chi connectivity index (χ2n) is 4.82. The molecule has 2 saturated heterocycles. The second-order valence-corrected chi connectivity index (χ2v) is 4.82. The van der Waals surface area contributed by atoms with E-state index < -0.39 is 0 Å². The Hall–Kier alpha value is -0.160. The molecule has 2 aliphatic rings. The predicted molar refractivity (Wildman–Crippen MR) is 52.0 cm³/mol. The van der Waals surface area contributed by atoms with E-state index in [2.05, 4.69) is 11.8 Å². The Morgan fingerprint density at radius 2 is 2.21 bits per heavy atom. The molecule has 0 radical (unpaired) electrons. The Kier molecular flexibility index (Phi) is 2.79. The molecule has 0 saturated carbocycles. The highest BCUT2D eigenvalue weighted by molar-refractivity contribution is 4.92. The minimum Gasteiger partial charge on any atom is -0.396 e. The zero-order valence-corrected chi connectivity index (χ0v) is 8.65. The molecule has 2 heterocycles. The van der Waals surface area contributed by atoms with Crippen LogP contribution in [0.4, 0.5) is 0 Å². The average Bonchev–Trinajstić information content (AvgIpc) is 2.38. The highest BCUT2D eigenvalue weighted by atomic mass is 16.5. The Labute approximate surface area is 84.5 Å². The molecular weight excluding hydrogens is 182 g/mol. The molecule has 2 atom stereocenters. The van der Waals surface area contributed by atoms with Gasteiger partial charge in [-0.25, -0.2) is 0 Å². The van der Waals surface area contributed by atoms with Crippen LogP contribution in [0, 0.1) is 5.41 Å². The summed E-state index contributed by atoms with van der Waals surface area (Å²) >= 11 is 0. The fraction of sp³-hybridized carbons (Fsp3) is 1.00. The van der Waals surface area contributed by atoms with Gasteiger partial charge in [0.05, 0.1) is 31.3 Å². The first-order valence-corrected chi connectivity index (χ1v) is 5.26. The lowest BCUT2D eigenvalue weighted by atomic mass is 9.86. The number of aliphatic hydroxyl groups excluding tert-OH is 2. The fourth-order valence-electron chi connectivity index (χ4n) is 2.34. The first kappa shape index (κ1) is 10.4. The predicted octanol–water partition coefficient (Wildman–Crippen LogP) is -0.550. The SMILES string of the molecule is CC1CC(O)CN1CC1(CO)COC1. The van der Waals surface area contributed by atoms with E-state index in [1.165, 1.54) is 0 Å². The zero-order valence-electron chi connectivity index (χ0n) is 8.65. The number of hydrogen-bond acceptors (Lipinski definition) is 4. The molecule has 2 unspecified atom stereocenters. The highest BCUT2D eigenvalue weighted by Gasteiger charge is 2.42. The van der Waals surface area contributed by atoms with E-state index in [4.69, 9.17) is 4.74 Å². The molecule has 0 amide bonds. The first-order valence-electron chi connectivity index (χ1n) is 5.26. The monoisotopic (exact) mass is 201 g/mol. The minimum atomic E-state index is -0.193. The maximum absolute atomic E-state index is 9.49. The maximum atomic E-state index is 9.49. The van der Waals surface area contributed by atoms with E-state index in [1.807, 2.05) is 0 Å². The first-order chi connectivity index (χ1) is 6.65. The number of nitrogens with zero attached hydrogens (tertiary/aromatic N) is 1. The standard InChI is InChI=1S/C10H19NO3/c1-8-2-9(13)3-11(8)4-10(5-12)6-14-7-10/h8-9,12-13H,2-7H2,1H3. The third-order valence-electron chi connectivity index (χ3n) is 3.37. The Morgan fingerprint density at radius 1 is 1.50 bits per heavy atom. The minimum absolute atomic E-state index is 0.0572. The lowest BCUT2D eigenvalue weighted by Gasteiger charge is -2.43. The van der Waals surface area contributed by atoms with Crippen molar-refractivity contribution in [2.45, 2.75) is 25.5 Å². The summed E-state index contributed by atoms with van der Waals surface area (Å²) in [6.45, 7) is 5.21. The van der Waals surface area contributed by atoms with Crippen LogP contribution >= 0.6 is 0 Å². The number of rotatable bonds is 3. The molecule has 0 bridgehead atoms. The number of ether oxygens (including phenoxy) is 1. The van der Waals surface area contributed by atoms with Gasteiger partial charge in [0.25, 0.3) is 0 Å². The highest BCUT2D eigenvalue weighted by Crippen LogP contribution is 2.30. The van der Waals surface area contributed by atoms with E-state index in [0.29, 0.717) is 19.3 Å². The molecule has 2 rings (SSSR count). The van der Waals surface area contributed by atoms with E-state index in [9.17, 15) is 10.2 Å². The van der Waals surface area contributed by atoms with Crippen molar-refractivity contribution in [2.24, 2.45) is 5.41 Å². The molecule has 2 N–H and O–H groups in total. The molecule has 82 valence electrons. The van der Waals surface area contributed by atoms with Crippen molar-refractivity contribution in [2.75, 3.05) is 32.9 Å². The quantitative estimate of drug-likeness (QED) is 0.643. The number of aliphatic hydroxyl groups is 2. The summed E-state index contributed by atoms with van der Waals surface area (Å²) in [5.41, 5.74) is -0.0572. The summed E-state index contributed by atoms with van der Waals surface area (Å²) in [4.78, 5) is 2.25. The lowest BCUT2D eigenvalue weighted by Crippen LogP contribution is -2.54. The number of β-amino-alcohol motifs (C(OH)–C–C–N with tert-alkyl or cyclic N) is 1. The van der Waals surface area contributed by atoms with Crippen LogP contribution in [-0.4, -0.2) is 60.2 Å². The van der Waals surface area contributed by atoms with Crippen LogP contribution in [0.5, 0.6) is 0 Å². The second kappa shape index (κ2) is 3.77. The van der Waals surface area contributed by atoms with Crippen LogP contribution < -0.4 is 0 Å². The Bertz CT molecular complexity index is 200. The van der Waals surface area contributed by atoms with Gasteiger partial charge in [-0.05, 0) is 13.3 Å². The van der Waals surface area contributed by atoms with Gasteiger partial charge in [0.2, 0.25) is 0 Å². The lowest BCUT2D eigenvalue weighted by molar-refractivity contribution is -0.149. The van der Waals surface area contributed by atoms with Gasteiger partial charge in [-0.15, -0.1) is 0 Å². The molecular formula is C10H19NO3. The van der Waals surface area contributed by atoms with Crippen LogP contribution in [0.1, 0.15) is 13.3 Å². The van der Waals surface area contributed by atoms with Gasteiger partial charge in [-0.3, -0.25) is 4.90 Å². The average molecular weight is 201 g/mol. The van der Waals surface area contributed by atoms with E-state index in [0.717, 1.165) is 19.5 Å². The number of hydrogen-bond donors (Lipinski definition) is 2. The maximum Gasteiger partial charge on any atom is 0.0682 e. The van der Waals surface area contributed by atoms with Crippen molar-refractivity contribution in [1.82, 2.24) is 4.90 Å². The molecule has 0 spiro atoms. The summed E-state index contributed by atoms with van der Waals surface area (Å²) in [5, 5.41) is 18.8. The van der Waals surface area contributed by atoms with E-state index in [1.54, 1.807) is 0 Å². The van der Waals surface area contributed by atoms with Crippen molar-refractivity contribution in [3.63, 3.8) is 0 Å². The summed E-state index contributed by atoms with van der Waals surface area (Å²) < 4.78 is 5.15. The van der Waals surface area contributed by atoms with Crippen molar-refractivity contribution in [3.05, 3.63) is 0 Å². The molecule has 0 aromatic heterocycles. The van der Waals surface area contributed by atoms with Gasteiger partial charge in [0, 0.05) is 19.1 Å². The van der Waals surface area contributed by atoms with Gasteiger partial charge >= 0.3 is 0 Å². The summed E-state index contributed by atoms with van der Waals surface area (Å²) in [6, 6.07) is 0.425. The normalized spacial score (nSPS) is 37.1. The van der Waals surface area contributed by atoms with Crippen molar-refractivity contribution in [3.8, 4) is 0 Å². The van der Waals surface area contributed by atoms with Gasteiger partial charge in [0.1, 0.15) is 0 Å². The Balaban J connectivity index is 1.90. The third-order valence-corrected chi connectivity index (χ3v) is 3.37. The molecule has 4 heteroatoms. The van der Waals surface area contributed by atoms with Crippen molar-refractivity contribution < 1.29 is 14.9 Å². The summed E-state index contributed by atoms with van der Waals surface area (Å²) in [7, 11) is 0. The van der Waals surface area contributed by atoms with Gasteiger partial charge in [-0.1, -0.05) is 0 Å². The third kappa shape index (κ3) is 1.80. The molecule has 4 nitrogen and oxygen atoms in total. The fourth-order valence-corrected chi connectivity index (χ4v) is 2.34. The smallest absolute Gasteiger partial charge is 0.0682 e. The molecule has 14 heavy (non-hydrogen) atoms. The molecule has 0 aromatic rings. The largest absolute Gasteiger partial charge is 0.396 e. The van der Waals surface area contributed by atoms with Crippen LogP contribution in [0.15, 0.2) is 0 Å². The number of likely N-dealkylation sites (tertiary alicyclic amines) is 1.